The lowest BCUT2D eigenvalue weighted by Gasteiger charge is -2.30. The molecule has 1 heterocycles. The van der Waals surface area contributed by atoms with Crippen molar-refractivity contribution in [1.29, 1.82) is 0 Å². The highest BCUT2D eigenvalue weighted by atomic mass is 19.4. The number of alkyl halides is 3. The van der Waals surface area contributed by atoms with Crippen LogP contribution in [0.5, 0.6) is 0 Å². The van der Waals surface area contributed by atoms with Crippen LogP contribution in [-0.2, 0) is 4.74 Å². The maximum Gasteiger partial charge on any atom is 0.391 e. The highest BCUT2D eigenvalue weighted by Gasteiger charge is 2.41. The average molecular weight is 564 g/mol. The minimum absolute atomic E-state index is 0.260. The van der Waals surface area contributed by atoms with Crippen LogP contribution in [0.3, 0.4) is 0 Å². The van der Waals surface area contributed by atoms with Gasteiger partial charge in [-0.25, -0.2) is 0 Å². The fraction of sp³-hybridized carbons (Fsp3) is 0.938. The molecule has 7 heteroatoms. The molecule has 1 aliphatic carbocycles. The molecule has 4 atom stereocenters. The minimum Gasteiger partial charge on any atom is -0.379 e. The second-order valence-corrected chi connectivity index (χ2v) is 11.8. The number of ether oxygens (including phenoxy) is 1. The molecule has 0 spiro atoms. The Balaban J connectivity index is 0.000000605. The van der Waals surface area contributed by atoms with E-state index >= 15 is 0 Å². The Morgan fingerprint density at radius 2 is 1.72 bits per heavy atom. The topological polar surface area (TPSA) is 27.7 Å². The molecule has 1 saturated carbocycles. The predicted octanol–water partition coefficient (Wildman–Crippen LogP) is 8.53. The molecule has 0 amide bonds. The second kappa shape index (κ2) is 23.0. The summed E-state index contributed by atoms with van der Waals surface area (Å²) < 4.78 is 41.5. The quantitative estimate of drug-likeness (QED) is 0.180. The van der Waals surface area contributed by atoms with Gasteiger partial charge in [0, 0.05) is 19.6 Å². The molecule has 1 saturated heterocycles. The normalized spacial score (nSPS) is 22.4. The van der Waals surface area contributed by atoms with E-state index in [0.29, 0.717) is 19.0 Å². The first kappa shape index (κ1) is 38.4. The van der Waals surface area contributed by atoms with Crippen LogP contribution in [0.4, 0.5) is 13.2 Å². The summed E-state index contributed by atoms with van der Waals surface area (Å²) >= 11 is 0. The van der Waals surface area contributed by atoms with Crippen molar-refractivity contribution in [2.24, 2.45) is 17.8 Å². The number of halogens is 3. The van der Waals surface area contributed by atoms with E-state index in [1.165, 1.54) is 63.7 Å². The van der Waals surface area contributed by atoms with Crippen LogP contribution in [0.2, 0.25) is 0 Å². The van der Waals surface area contributed by atoms with E-state index in [2.05, 4.69) is 69.8 Å². The maximum atomic E-state index is 12.1. The summed E-state index contributed by atoms with van der Waals surface area (Å²) in [5, 5.41) is 3.47. The van der Waals surface area contributed by atoms with Gasteiger partial charge >= 0.3 is 6.18 Å². The van der Waals surface area contributed by atoms with Crippen molar-refractivity contribution in [2.45, 2.75) is 125 Å². The van der Waals surface area contributed by atoms with Crippen LogP contribution in [0, 0.1) is 17.8 Å². The highest BCUT2D eigenvalue weighted by Crippen LogP contribution is 2.39. The zero-order valence-electron chi connectivity index (χ0n) is 26.8. The lowest BCUT2D eigenvalue weighted by molar-refractivity contribution is -0.185. The van der Waals surface area contributed by atoms with Gasteiger partial charge in [0.1, 0.15) is 0 Å². The van der Waals surface area contributed by atoms with E-state index in [1.807, 2.05) is 6.92 Å². The van der Waals surface area contributed by atoms with Crippen LogP contribution in [-0.4, -0.2) is 75.1 Å². The summed E-state index contributed by atoms with van der Waals surface area (Å²) in [6.07, 6.45) is 8.77. The predicted molar refractivity (Wildman–Crippen MR) is 162 cm³/mol. The first-order valence-electron chi connectivity index (χ1n) is 16.0. The SMILES string of the molecule is CC1CCCC(C(F)(F)F)C1.CCC/C(C)=C\C(NC)N(CCC)CCC(C)CC.CCCN1CCOCC1. The van der Waals surface area contributed by atoms with Crippen LogP contribution in [0.1, 0.15) is 113 Å². The van der Waals surface area contributed by atoms with Crippen molar-refractivity contribution in [1.82, 2.24) is 15.1 Å². The molecule has 0 bridgehead atoms. The van der Waals surface area contributed by atoms with Gasteiger partial charge in [-0.1, -0.05) is 78.9 Å². The largest absolute Gasteiger partial charge is 0.391 e. The third-order valence-electron chi connectivity index (χ3n) is 7.94. The van der Waals surface area contributed by atoms with Crippen molar-refractivity contribution in [3.63, 3.8) is 0 Å². The molecule has 2 aliphatic rings. The zero-order valence-corrected chi connectivity index (χ0v) is 26.8. The number of hydrogen-bond donors (Lipinski definition) is 1. The van der Waals surface area contributed by atoms with Gasteiger partial charge in [-0.3, -0.25) is 9.80 Å². The minimum atomic E-state index is -3.95. The molecule has 234 valence electrons. The van der Waals surface area contributed by atoms with E-state index in [-0.39, 0.29) is 5.92 Å². The third kappa shape index (κ3) is 19.2. The lowest BCUT2D eigenvalue weighted by Crippen LogP contribution is -2.44. The molecule has 0 aromatic carbocycles. The second-order valence-electron chi connectivity index (χ2n) is 11.8. The Kier molecular flexibility index (Phi) is 22.6. The van der Waals surface area contributed by atoms with Crippen LogP contribution in [0.15, 0.2) is 11.6 Å². The zero-order chi connectivity index (χ0) is 29.7. The number of allylic oxidation sites excluding steroid dienone is 1. The van der Waals surface area contributed by atoms with Gasteiger partial charge in [0.15, 0.2) is 0 Å². The molecule has 4 unspecified atom stereocenters. The van der Waals surface area contributed by atoms with Gasteiger partial charge in [-0.15, -0.1) is 0 Å². The molecule has 4 nitrogen and oxygen atoms in total. The molecule has 0 radical (unpaired) electrons. The molecule has 1 aliphatic heterocycles. The van der Waals surface area contributed by atoms with Crippen LogP contribution < -0.4 is 5.32 Å². The van der Waals surface area contributed by atoms with E-state index in [9.17, 15) is 13.2 Å². The average Bonchev–Trinajstić information content (AvgIpc) is 2.91. The van der Waals surface area contributed by atoms with Gasteiger partial charge < -0.3 is 10.1 Å². The molecular weight excluding hydrogens is 499 g/mol. The van der Waals surface area contributed by atoms with Gasteiger partial charge in [0.25, 0.3) is 0 Å². The lowest BCUT2D eigenvalue weighted by atomic mass is 9.82. The number of morpholine rings is 1. The maximum absolute atomic E-state index is 12.1. The molecule has 1 N–H and O–H groups in total. The molecule has 0 aromatic rings. The fourth-order valence-electron chi connectivity index (χ4n) is 5.26. The number of nitrogens with zero attached hydrogens (tertiary/aromatic N) is 2. The number of rotatable bonds is 13. The van der Waals surface area contributed by atoms with E-state index in [0.717, 1.165) is 45.1 Å². The number of likely N-dealkylation sites (N-methyl/N-ethyl adjacent to an activating group) is 1. The Morgan fingerprint density at radius 1 is 1.05 bits per heavy atom. The van der Waals surface area contributed by atoms with Crippen molar-refractivity contribution in [3.05, 3.63) is 11.6 Å². The molecule has 2 fully saturated rings. The van der Waals surface area contributed by atoms with Gasteiger partial charge in [0.05, 0.1) is 25.3 Å². The molecule has 39 heavy (non-hydrogen) atoms. The summed E-state index contributed by atoms with van der Waals surface area (Å²) in [7, 11) is 2.08. The van der Waals surface area contributed by atoms with Crippen molar-refractivity contribution < 1.29 is 17.9 Å². The van der Waals surface area contributed by atoms with Gasteiger partial charge in [-0.05, 0) is 77.4 Å². The third-order valence-corrected chi connectivity index (χ3v) is 7.94. The summed E-state index contributed by atoms with van der Waals surface area (Å²) in [5.74, 6) is 0.0687. The number of hydrogen-bond acceptors (Lipinski definition) is 4. The van der Waals surface area contributed by atoms with Crippen molar-refractivity contribution in [2.75, 3.05) is 53.0 Å². The monoisotopic (exact) mass is 564 g/mol. The Bertz CT molecular complexity index is 591. The molecular formula is C32H64F3N3O. The van der Waals surface area contributed by atoms with Crippen molar-refractivity contribution >= 4 is 0 Å². The summed E-state index contributed by atoms with van der Waals surface area (Å²) in [6, 6.07) is 0. The van der Waals surface area contributed by atoms with E-state index < -0.39 is 12.1 Å². The Labute approximate surface area is 240 Å². The first-order chi connectivity index (χ1) is 18.5. The first-order valence-corrected chi connectivity index (χ1v) is 16.0. The smallest absolute Gasteiger partial charge is 0.379 e. The standard InChI is InChI=1S/C17H36N2.C8H13F3.C7H15NO/c1-7-10-16(5)14-17(18-6)19(12-8-2)13-11-15(4)9-3;1-6-3-2-4-7(5-6)8(9,10)11;1-2-3-8-4-6-9-7-5-8/h14-15,17-18H,7-13H2,1-6H3;6-7H,2-5H2,1H3;2-7H2,1H3/b16-14-;;. The van der Waals surface area contributed by atoms with E-state index in [1.54, 1.807) is 0 Å². The summed E-state index contributed by atoms with van der Waals surface area (Å²) in [5.41, 5.74) is 1.51. The van der Waals surface area contributed by atoms with Crippen LogP contribution in [0.25, 0.3) is 0 Å². The highest BCUT2D eigenvalue weighted by molar-refractivity contribution is 5.03. The molecule has 0 aromatic heterocycles. The Morgan fingerprint density at radius 3 is 2.18 bits per heavy atom. The van der Waals surface area contributed by atoms with Crippen molar-refractivity contribution in [3.8, 4) is 0 Å². The fourth-order valence-corrected chi connectivity index (χ4v) is 5.26. The summed E-state index contributed by atoms with van der Waals surface area (Å²) in [4.78, 5) is 5.04. The molecule has 2 rings (SSSR count). The van der Waals surface area contributed by atoms with Crippen LogP contribution >= 0.6 is 0 Å². The van der Waals surface area contributed by atoms with Gasteiger partial charge in [0.2, 0.25) is 0 Å². The van der Waals surface area contributed by atoms with Gasteiger partial charge in [-0.2, -0.15) is 13.2 Å². The Hall–Kier alpha value is -0.630. The summed E-state index contributed by atoms with van der Waals surface area (Å²) in [6.45, 7) is 23.3. The van der Waals surface area contributed by atoms with E-state index in [4.69, 9.17) is 4.74 Å². The number of nitrogens with one attached hydrogen (secondary N) is 1.